The second-order valence-corrected chi connectivity index (χ2v) is 20.3. The van der Waals surface area contributed by atoms with E-state index in [2.05, 4.69) is 26.0 Å². The number of hydrogen-bond acceptors (Lipinski definition) is 7. The second-order valence-electron chi connectivity index (χ2n) is 16.8. The number of aliphatic hydroxyl groups excluding tert-OH is 1. The normalized spacial score (nSPS) is 35.8. The van der Waals surface area contributed by atoms with E-state index in [0.29, 0.717) is 50.5 Å². The number of benzene rings is 1. The summed E-state index contributed by atoms with van der Waals surface area (Å²) < 4.78 is 76.5. The number of halogens is 4. The number of sulfonamides is 1. The van der Waals surface area contributed by atoms with Crippen molar-refractivity contribution in [2.45, 2.75) is 94.2 Å². The highest BCUT2D eigenvalue weighted by atomic mass is 35.5. The Bertz CT molecular complexity index is 2170. The molecule has 54 heavy (non-hydrogen) atoms. The predicted octanol–water partition coefficient (Wildman–Crippen LogP) is 9.55. The van der Waals surface area contributed by atoms with Crippen molar-refractivity contribution in [1.29, 1.82) is 0 Å². The van der Waals surface area contributed by atoms with E-state index in [0.717, 1.165) is 36.0 Å². The van der Waals surface area contributed by atoms with Crippen LogP contribution < -0.4 is 0 Å². The van der Waals surface area contributed by atoms with Crippen LogP contribution in [0.25, 0.3) is 11.3 Å². The zero-order valence-corrected chi connectivity index (χ0v) is 32.8. The van der Waals surface area contributed by atoms with Crippen LogP contribution in [0.3, 0.4) is 0 Å². The van der Waals surface area contributed by atoms with Gasteiger partial charge in [-0.25, -0.2) is 8.42 Å². The van der Waals surface area contributed by atoms with Gasteiger partial charge >= 0.3 is 6.18 Å². The van der Waals surface area contributed by atoms with Crippen LogP contribution in [0, 0.1) is 33.5 Å². The van der Waals surface area contributed by atoms with E-state index in [1.54, 1.807) is 17.5 Å². The molecule has 7 nitrogen and oxygen atoms in total. The van der Waals surface area contributed by atoms with Gasteiger partial charge in [-0.3, -0.25) is 4.79 Å². The van der Waals surface area contributed by atoms with Crippen molar-refractivity contribution >= 4 is 38.7 Å². The highest BCUT2D eigenvalue weighted by Crippen LogP contribution is 2.78. The topological polar surface area (TPSA) is 108 Å². The van der Waals surface area contributed by atoms with E-state index in [1.807, 2.05) is 13.0 Å². The van der Waals surface area contributed by atoms with Gasteiger partial charge in [-0.1, -0.05) is 56.7 Å². The van der Waals surface area contributed by atoms with E-state index in [4.69, 9.17) is 16.0 Å². The summed E-state index contributed by atoms with van der Waals surface area (Å²) in [5.74, 6) is -0.677. The van der Waals surface area contributed by atoms with Crippen LogP contribution in [0.5, 0.6) is 0 Å². The number of thiophene rings is 1. The molecule has 3 aromatic rings. The van der Waals surface area contributed by atoms with Crippen LogP contribution in [0.15, 0.2) is 80.3 Å². The molecule has 9 rings (SSSR count). The van der Waals surface area contributed by atoms with Crippen LogP contribution in [0.2, 0.25) is 5.02 Å². The van der Waals surface area contributed by atoms with Crippen molar-refractivity contribution in [2.75, 3.05) is 13.1 Å². The molecule has 8 unspecified atom stereocenters. The molecule has 1 aromatic carbocycles. The van der Waals surface area contributed by atoms with Crippen molar-refractivity contribution in [2.24, 2.45) is 33.5 Å². The van der Waals surface area contributed by atoms with E-state index >= 15 is 4.79 Å². The summed E-state index contributed by atoms with van der Waals surface area (Å²) in [5, 5.41) is 25.6. The molecule has 6 aliphatic rings. The maximum Gasteiger partial charge on any atom is 0.416 e. The number of aliphatic hydroxyl groups is 2. The van der Waals surface area contributed by atoms with Gasteiger partial charge in [0.15, 0.2) is 5.76 Å². The van der Waals surface area contributed by atoms with Crippen molar-refractivity contribution in [3.63, 3.8) is 0 Å². The summed E-state index contributed by atoms with van der Waals surface area (Å²) in [4.78, 5) is 15.0. The van der Waals surface area contributed by atoms with Gasteiger partial charge in [0.2, 0.25) is 5.78 Å². The fraction of sp³-hybridized carbons (Fsp3) is 0.537. The summed E-state index contributed by atoms with van der Waals surface area (Å²) in [6.45, 7) is 6.41. The minimum absolute atomic E-state index is 0.0161. The summed E-state index contributed by atoms with van der Waals surface area (Å²) in [6, 6.07) is 9.19. The monoisotopic (exact) mass is 803 g/mol. The number of carbonyl (C=O) groups excluding carboxylic acids is 1. The molecule has 0 saturated heterocycles. The number of allylic oxidation sites excluding steroid dienone is 4. The van der Waals surface area contributed by atoms with Gasteiger partial charge < -0.3 is 14.6 Å². The average molecular weight is 804 g/mol. The van der Waals surface area contributed by atoms with Gasteiger partial charge in [0.25, 0.3) is 10.0 Å². The van der Waals surface area contributed by atoms with Crippen molar-refractivity contribution in [1.82, 2.24) is 4.31 Å². The molecule has 13 heteroatoms. The van der Waals surface area contributed by atoms with Crippen LogP contribution in [-0.2, 0) is 16.2 Å². The number of ketones is 1. The maximum absolute atomic E-state index is 15.0. The minimum Gasteiger partial charge on any atom is -0.453 e. The third kappa shape index (κ3) is 5.29. The molecule has 3 fully saturated rings. The number of rotatable bonds is 9. The number of furan rings is 1. The average Bonchev–Trinajstić information content (AvgIpc) is 3.88. The third-order valence-electron chi connectivity index (χ3n) is 14.3. The van der Waals surface area contributed by atoms with Gasteiger partial charge in [0, 0.05) is 40.5 Å². The molecule has 0 radical (unpaired) electrons. The SMILES string of the molecule is CCCN(CC1(O)CCC2C34C=CC5(C=C3C(=O)c3ccc(-c6cc(C(F)(F)F)ccc6Cl)o3)CC(O)CCC5(C)C4CCC21C)S(=O)(=O)c1cccs1. The van der Waals surface area contributed by atoms with Gasteiger partial charge in [0.05, 0.1) is 22.3 Å². The predicted molar refractivity (Wildman–Crippen MR) is 200 cm³/mol. The summed E-state index contributed by atoms with van der Waals surface area (Å²) in [6.07, 6.45) is 5.79. The Hall–Kier alpha value is -2.74. The highest BCUT2D eigenvalue weighted by molar-refractivity contribution is 7.91. The largest absolute Gasteiger partial charge is 0.453 e. The summed E-state index contributed by atoms with van der Waals surface area (Å²) >= 11 is 7.51. The Labute approximate surface area is 322 Å². The number of carbonyl (C=O) groups is 1. The highest BCUT2D eigenvalue weighted by Gasteiger charge is 2.74. The summed E-state index contributed by atoms with van der Waals surface area (Å²) in [5.41, 5.74) is -4.32. The van der Waals surface area contributed by atoms with Crippen LogP contribution in [0.4, 0.5) is 13.2 Å². The van der Waals surface area contributed by atoms with Gasteiger partial charge in [-0.2, -0.15) is 17.5 Å². The minimum atomic E-state index is -4.60. The van der Waals surface area contributed by atoms with Gasteiger partial charge in [0.1, 0.15) is 9.97 Å². The maximum atomic E-state index is 15.0. The van der Waals surface area contributed by atoms with Crippen molar-refractivity contribution < 1.29 is 41.0 Å². The molecule has 0 aliphatic heterocycles. The third-order valence-corrected chi connectivity index (χ3v) is 17.9. The molecule has 2 bridgehead atoms. The molecule has 2 spiro atoms. The Kier molecular flexibility index (Phi) is 8.92. The molecule has 2 N–H and O–H groups in total. The van der Waals surface area contributed by atoms with Crippen molar-refractivity contribution in [3.8, 4) is 11.3 Å². The first-order valence-electron chi connectivity index (χ1n) is 18.7. The zero-order chi connectivity index (χ0) is 38.7. The lowest BCUT2D eigenvalue weighted by molar-refractivity contribution is -0.173. The number of Topliss-reactive ketones (excluding diaryl/α,β-unsaturated/α-hetero) is 1. The first-order chi connectivity index (χ1) is 25.4. The number of hydrogen-bond donors (Lipinski definition) is 2. The molecule has 0 amide bonds. The van der Waals surface area contributed by atoms with E-state index in [1.165, 1.54) is 16.4 Å². The molecule has 290 valence electrons. The number of alkyl halides is 3. The Morgan fingerprint density at radius 1 is 1.04 bits per heavy atom. The Balaban J connectivity index is 1.22. The van der Waals surface area contributed by atoms with Gasteiger partial charge in [-0.15, -0.1) is 11.3 Å². The second kappa shape index (κ2) is 12.6. The van der Waals surface area contributed by atoms with Crippen LogP contribution in [-0.4, -0.2) is 53.5 Å². The fourth-order valence-electron chi connectivity index (χ4n) is 11.6. The number of nitrogens with zero attached hydrogens (tertiary/aromatic N) is 1. The van der Waals surface area contributed by atoms with E-state index in [-0.39, 0.29) is 56.7 Å². The van der Waals surface area contributed by atoms with Crippen molar-refractivity contribution in [3.05, 3.63) is 88.0 Å². The van der Waals surface area contributed by atoms with Gasteiger partial charge in [-0.05, 0) is 110 Å². The zero-order valence-electron chi connectivity index (χ0n) is 30.5. The summed E-state index contributed by atoms with van der Waals surface area (Å²) in [7, 11) is -3.87. The lowest BCUT2D eigenvalue weighted by Crippen LogP contribution is -2.67. The van der Waals surface area contributed by atoms with Crippen LogP contribution in [0.1, 0.15) is 88.3 Å². The Morgan fingerprint density at radius 2 is 1.76 bits per heavy atom. The van der Waals surface area contributed by atoms with E-state index in [9.17, 15) is 31.8 Å². The molecule has 8 atom stereocenters. The first-order valence-corrected chi connectivity index (χ1v) is 21.4. The quantitative estimate of drug-likeness (QED) is 0.165. The fourth-order valence-corrected chi connectivity index (χ4v) is 14.5. The van der Waals surface area contributed by atoms with Crippen LogP contribution >= 0.6 is 22.9 Å². The number of fused-ring (bicyclic) bond motifs is 1. The lowest BCUT2D eigenvalue weighted by Gasteiger charge is -2.71. The standard InChI is InChI=1S/C41H45ClF3NO6S2/c1-4-19-46(54(50,51)34-6-5-20-53-34)24-39(49)16-13-33-37(39,3)15-12-32-36(2)14-11-26(47)22-38(36)17-18-40(32,33)28(23-38)35(48)31-10-9-30(52-31)27-21-25(41(43,44)45)7-8-29(27)42/h5-10,17-18,20-21,23,26,32-33,47,49H,4,11-16,19,22,24H2,1-3H3. The molecule has 3 saturated carbocycles. The Morgan fingerprint density at radius 3 is 2.46 bits per heavy atom. The molecule has 2 aromatic heterocycles. The molecular formula is C41H45ClF3NO6S2. The molecule has 2 heterocycles. The smallest absolute Gasteiger partial charge is 0.416 e. The lowest BCUT2D eigenvalue weighted by atomic mass is 9.32. The van der Waals surface area contributed by atoms with E-state index < -0.39 is 55.5 Å². The molecular weight excluding hydrogens is 759 g/mol. The molecule has 6 aliphatic carbocycles. The first kappa shape index (κ1) is 38.1.